The van der Waals surface area contributed by atoms with Crippen LogP contribution in [0.15, 0.2) is 43.0 Å². The van der Waals surface area contributed by atoms with E-state index in [0.29, 0.717) is 22.5 Å². The lowest BCUT2D eigenvalue weighted by Gasteiger charge is -2.19. The number of ether oxygens (including phenoxy) is 2. The molecule has 3 heterocycles. The van der Waals surface area contributed by atoms with Gasteiger partial charge in [-0.2, -0.15) is 0 Å². The van der Waals surface area contributed by atoms with E-state index in [9.17, 15) is 9.59 Å². The minimum Gasteiger partial charge on any atom is -0.463 e. The van der Waals surface area contributed by atoms with Gasteiger partial charge in [-0.05, 0) is 45.7 Å². The quantitative estimate of drug-likeness (QED) is 0.627. The van der Waals surface area contributed by atoms with Crippen molar-refractivity contribution < 1.29 is 19.1 Å². The molecule has 1 aromatic carbocycles. The molecule has 9 nitrogen and oxygen atoms in total. The van der Waals surface area contributed by atoms with Gasteiger partial charge in [0.05, 0.1) is 17.8 Å². The second-order valence-corrected chi connectivity index (χ2v) is 8.51. The number of fused-ring (bicyclic) bond motifs is 1. The fourth-order valence-corrected chi connectivity index (χ4v) is 3.32. The van der Waals surface area contributed by atoms with Crippen LogP contribution in [0.2, 0.25) is 0 Å². The Morgan fingerprint density at radius 2 is 1.94 bits per heavy atom. The third-order valence-corrected chi connectivity index (χ3v) is 5.03. The molecular weight excluding hydrogens is 398 g/mol. The molecule has 1 fully saturated rings. The summed E-state index contributed by atoms with van der Waals surface area (Å²) >= 11 is 0. The summed E-state index contributed by atoms with van der Waals surface area (Å²) < 4.78 is 13.3. The number of imidazole rings is 1. The average Bonchev–Trinajstić information content (AvgIpc) is 3.39. The van der Waals surface area contributed by atoms with Crippen LogP contribution in [-0.2, 0) is 14.3 Å². The van der Waals surface area contributed by atoms with E-state index in [4.69, 9.17) is 9.47 Å². The summed E-state index contributed by atoms with van der Waals surface area (Å²) in [6, 6.07) is 8.90. The van der Waals surface area contributed by atoms with Crippen molar-refractivity contribution in [2.75, 3.05) is 11.9 Å². The van der Waals surface area contributed by atoms with E-state index in [0.717, 1.165) is 12.8 Å². The third kappa shape index (κ3) is 4.56. The molecule has 0 bridgehead atoms. The maximum atomic E-state index is 12.5. The van der Waals surface area contributed by atoms with E-state index in [2.05, 4.69) is 20.3 Å². The summed E-state index contributed by atoms with van der Waals surface area (Å²) in [6.45, 7) is 5.67. The van der Waals surface area contributed by atoms with Crippen molar-refractivity contribution in [3.8, 4) is 0 Å². The zero-order chi connectivity index (χ0) is 22.0. The summed E-state index contributed by atoms with van der Waals surface area (Å²) in [6.07, 6.45) is 4.04. The van der Waals surface area contributed by atoms with Gasteiger partial charge in [0.25, 0.3) is 5.91 Å². The molecule has 0 radical (unpaired) electrons. The lowest BCUT2D eigenvalue weighted by atomic mass is 9.97. The molecule has 2 atom stereocenters. The first-order chi connectivity index (χ1) is 14.8. The predicted molar refractivity (Wildman–Crippen MR) is 113 cm³/mol. The van der Waals surface area contributed by atoms with Crippen LogP contribution >= 0.6 is 0 Å². The Bertz CT molecular complexity index is 1090. The van der Waals surface area contributed by atoms with E-state index in [1.54, 1.807) is 30.6 Å². The Balaban J connectivity index is 1.46. The van der Waals surface area contributed by atoms with Crippen LogP contribution in [0.4, 0.5) is 5.82 Å². The highest BCUT2D eigenvalue weighted by Crippen LogP contribution is 2.32. The van der Waals surface area contributed by atoms with Crippen molar-refractivity contribution in [3.05, 3.63) is 48.5 Å². The number of anilines is 1. The number of aromatic nitrogens is 4. The van der Waals surface area contributed by atoms with Gasteiger partial charge in [-0.3, -0.25) is 14.2 Å². The zero-order valence-corrected chi connectivity index (χ0v) is 17.7. The van der Waals surface area contributed by atoms with Gasteiger partial charge in [0, 0.05) is 5.56 Å². The number of esters is 1. The predicted octanol–water partition coefficient (Wildman–Crippen LogP) is 3.35. The number of nitrogens with one attached hydrogen (secondary N) is 1. The van der Waals surface area contributed by atoms with E-state index < -0.39 is 5.41 Å². The molecule has 1 N–H and O–H groups in total. The molecule has 0 aliphatic carbocycles. The van der Waals surface area contributed by atoms with Gasteiger partial charge in [-0.1, -0.05) is 18.2 Å². The maximum absolute atomic E-state index is 12.5. The van der Waals surface area contributed by atoms with Crippen LogP contribution in [0.25, 0.3) is 11.2 Å². The monoisotopic (exact) mass is 423 g/mol. The molecule has 4 rings (SSSR count). The van der Waals surface area contributed by atoms with E-state index in [1.807, 2.05) is 31.4 Å². The zero-order valence-electron chi connectivity index (χ0n) is 17.7. The summed E-state index contributed by atoms with van der Waals surface area (Å²) in [4.78, 5) is 37.4. The van der Waals surface area contributed by atoms with Gasteiger partial charge >= 0.3 is 5.97 Å². The van der Waals surface area contributed by atoms with Crippen LogP contribution in [-0.4, -0.2) is 44.1 Å². The van der Waals surface area contributed by atoms with Crippen LogP contribution < -0.4 is 5.32 Å². The van der Waals surface area contributed by atoms with E-state index in [-0.39, 0.29) is 30.8 Å². The van der Waals surface area contributed by atoms with Crippen molar-refractivity contribution in [1.82, 2.24) is 19.5 Å². The van der Waals surface area contributed by atoms with E-state index >= 15 is 0 Å². The van der Waals surface area contributed by atoms with Crippen molar-refractivity contribution in [2.45, 2.75) is 45.9 Å². The molecule has 3 aromatic rings. The molecule has 1 saturated heterocycles. The van der Waals surface area contributed by atoms with Gasteiger partial charge in [-0.15, -0.1) is 0 Å². The topological polar surface area (TPSA) is 108 Å². The normalized spacial score (nSPS) is 18.8. The van der Waals surface area contributed by atoms with Crippen LogP contribution in [0.1, 0.15) is 50.2 Å². The Kier molecular flexibility index (Phi) is 5.69. The Labute approximate surface area is 179 Å². The average molecular weight is 423 g/mol. The summed E-state index contributed by atoms with van der Waals surface area (Å²) in [7, 11) is 0. The van der Waals surface area contributed by atoms with Crippen LogP contribution in [0, 0.1) is 5.41 Å². The molecule has 31 heavy (non-hydrogen) atoms. The fraction of sp³-hybridized carbons (Fsp3) is 0.409. The molecule has 0 spiro atoms. The van der Waals surface area contributed by atoms with Gasteiger partial charge in [0.1, 0.15) is 19.2 Å². The first-order valence-electron chi connectivity index (χ1n) is 10.2. The van der Waals surface area contributed by atoms with Crippen molar-refractivity contribution in [2.24, 2.45) is 5.41 Å². The maximum Gasteiger partial charge on any atom is 0.311 e. The fourth-order valence-electron chi connectivity index (χ4n) is 3.32. The van der Waals surface area contributed by atoms with Crippen molar-refractivity contribution >= 4 is 28.9 Å². The molecular formula is C22H25N5O4. The second-order valence-electron chi connectivity index (χ2n) is 8.51. The highest BCUT2D eigenvalue weighted by atomic mass is 16.6. The summed E-state index contributed by atoms with van der Waals surface area (Å²) in [5.74, 6) is -0.182. The molecule has 0 unspecified atom stereocenters. The summed E-state index contributed by atoms with van der Waals surface area (Å²) in [5.41, 5.74) is 1.03. The van der Waals surface area contributed by atoms with E-state index in [1.165, 1.54) is 6.33 Å². The number of hydrogen-bond donors (Lipinski definition) is 1. The Morgan fingerprint density at radius 3 is 2.68 bits per heavy atom. The minimum atomic E-state index is -0.546. The lowest BCUT2D eigenvalue weighted by molar-refractivity contribution is -0.157. The highest BCUT2D eigenvalue weighted by Gasteiger charge is 2.31. The molecule has 0 saturated carbocycles. The largest absolute Gasteiger partial charge is 0.463 e. The number of rotatable bonds is 5. The smallest absolute Gasteiger partial charge is 0.311 e. The Morgan fingerprint density at radius 1 is 1.16 bits per heavy atom. The SMILES string of the molecule is CC(C)(C)C(=O)OC[C@@H]1CC[C@H](n2cnc3c(NC(=O)c4ccccc4)ncnc32)O1. The molecule has 162 valence electrons. The minimum absolute atomic E-state index is 0.187. The van der Waals surface area contributed by atoms with Gasteiger partial charge in [0.2, 0.25) is 0 Å². The molecule has 1 aliphatic rings. The number of benzene rings is 1. The number of carbonyl (C=O) groups excluding carboxylic acids is 2. The third-order valence-electron chi connectivity index (χ3n) is 5.03. The van der Waals surface area contributed by atoms with Crippen LogP contribution in [0.5, 0.6) is 0 Å². The lowest BCUT2D eigenvalue weighted by Crippen LogP contribution is -2.27. The van der Waals surface area contributed by atoms with Crippen molar-refractivity contribution in [3.63, 3.8) is 0 Å². The van der Waals surface area contributed by atoms with Gasteiger partial charge in [0.15, 0.2) is 17.0 Å². The summed E-state index contributed by atoms with van der Waals surface area (Å²) in [5, 5.41) is 2.80. The highest BCUT2D eigenvalue weighted by molar-refractivity contribution is 6.06. The van der Waals surface area contributed by atoms with Gasteiger partial charge in [-0.25, -0.2) is 15.0 Å². The van der Waals surface area contributed by atoms with Gasteiger partial charge < -0.3 is 14.8 Å². The first-order valence-corrected chi connectivity index (χ1v) is 10.2. The first kappa shape index (κ1) is 20.9. The number of nitrogens with zero attached hydrogens (tertiary/aromatic N) is 4. The second kappa shape index (κ2) is 8.43. The molecule has 9 heteroatoms. The molecule has 1 aliphatic heterocycles. The van der Waals surface area contributed by atoms with Crippen LogP contribution in [0.3, 0.4) is 0 Å². The Hall–Kier alpha value is -3.33. The molecule has 2 aromatic heterocycles. The number of carbonyl (C=O) groups is 2. The number of hydrogen-bond acceptors (Lipinski definition) is 7. The van der Waals surface area contributed by atoms with Crippen molar-refractivity contribution in [1.29, 1.82) is 0 Å². The molecule has 1 amide bonds. The number of amides is 1. The standard InChI is InChI=1S/C22H25N5O4/c1-22(2,3)21(29)30-11-15-9-10-16(31-15)27-13-25-17-18(23-12-24-19(17)27)26-20(28)14-7-5-4-6-8-14/h4-8,12-13,15-16H,9-11H2,1-3H3,(H,23,24,26,28)/t15-,16+/m0/s1.